The number of aromatic hydroxyl groups is 1. The molecule has 0 radical (unpaired) electrons. The summed E-state index contributed by atoms with van der Waals surface area (Å²) in [7, 11) is 0. The van der Waals surface area contributed by atoms with Gasteiger partial charge in [0.1, 0.15) is 11.5 Å². The van der Waals surface area contributed by atoms with E-state index in [0.717, 1.165) is 18.8 Å². The molecule has 2 rings (SSSR count). The molecule has 0 unspecified atom stereocenters. The van der Waals surface area contributed by atoms with Crippen LogP contribution in [0.3, 0.4) is 0 Å². The summed E-state index contributed by atoms with van der Waals surface area (Å²) in [4.78, 5) is 18.3. The van der Waals surface area contributed by atoms with Gasteiger partial charge in [-0.1, -0.05) is 0 Å². The zero-order valence-electron chi connectivity index (χ0n) is 16.3. The Hall–Kier alpha value is -3.48. The minimum atomic E-state index is -0.512. The number of carbonyl (C=O) groups excluding carboxylic acids is 1. The minimum Gasteiger partial charge on any atom is -0.507 e. The third kappa shape index (κ3) is 5.51. The molecular weight excluding hydrogens is 356 g/mol. The molecule has 7 heteroatoms. The molecule has 2 aromatic carbocycles. The van der Waals surface area contributed by atoms with Gasteiger partial charge >= 0.3 is 5.97 Å². The highest BCUT2D eigenvalue weighted by Crippen LogP contribution is 2.27. The maximum Gasteiger partial charge on any atom is 0.339 e. The molecule has 0 heterocycles. The first-order valence-electron chi connectivity index (χ1n) is 9.02. The van der Waals surface area contributed by atoms with Crippen molar-refractivity contribution in [1.29, 1.82) is 0 Å². The first-order chi connectivity index (χ1) is 13.3. The molecule has 0 saturated carbocycles. The predicted octanol–water partition coefficient (Wildman–Crippen LogP) is 3.15. The fraction of sp³-hybridized carbons (Fsp3) is 0.238. The van der Waals surface area contributed by atoms with Crippen molar-refractivity contribution in [2.24, 2.45) is 16.5 Å². The summed E-state index contributed by atoms with van der Waals surface area (Å²) in [6.45, 7) is 7.43. The van der Waals surface area contributed by atoms with Crippen molar-refractivity contribution >= 4 is 29.4 Å². The highest BCUT2D eigenvalue weighted by atomic mass is 16.5. The van der Waals surface area contributed by atoms with Crippen LogP contribution in [0.25, 0.3) is 6.08 Å². The summed E-state index contributed by atoms with van der Waals surface area (Å²) in [5.74, 6) is -0.0799. The van der Waals surface area contributed by atoms with Crippen LogP contribution in [-0.4, -0.2) is 30.1 Å². The van der Waals surface area contributed by atoms with Gasteiger partial charge in [0.25, 0.3) is 0 Å². The second kappa shape index (κ2) is 9.45. The number of benzene rings is 2. The Balaban J connectivity index is 2.12. The number of hydrogen-bond donors (Lipinski definition) is 3. The Bertz CT molecular complexity index is 881. The number of ether oxygens (including phenoxy) is 1. The van der Waals surface area contributed by atoms with Crippen molar-refractivity contribution in [3.05, 3.63) is 53.6 Å². The van der Waals surface area contributed by atoms with Crippen molar-refractivity contribution in [3.8, 4) is 11.5 Å². The van der Waals surface area contributed by atoms with Gasteiger partial charge in [0.05, 0.1) is 5.69 Å². The molecule has 0 fully saturated rings. The number of hydrogen-bond acceptors (Lipinski definition) is 5. The molecule has 0 saturated heterocycles. The average molecular weight is 382 g/mol. The second-order valence-electron chi connectivity index (χ2n) is 6.16. The first kappa shape index (κ1) is 20.8. The van der Waals surface area contributed by atoms with E-state index in [1.54, 1.807) is 49.4 Å². The lowest BCUT2D eigenvalue weighted by Gasteiger charge is -2.21. The van der Waals surface area contributed by atoms with Crippen LogP contribution >= 0.6 is 0 Å². The van der Waals surface area contributed by atoms with Crippen LogP contribution in [0.5, 0.6) is 11.5 Å². The molecular formula is C21H26N4O3. The molecule has 0 aliphatic carbocycles. The number of nitrogens with zero attached hydrogens (tertiary/aromatic N) is 2. The number of rotatable bonds is 7. The summed E-state index contributed by atoms with van der Waals surface area (Å²) < 4.78 is 5.34. The molecule has 148 valence electrons. The summed E-state index contributed by atoms with van der Waals surface area (Å²) in [5.41, 5.74) is 13.0. The quantitative estimate of drug-likeness (QED) is 0.223. The van der Waals surface area contributed by atoms with E-state index in [0.29, 0.717) is 22.6 Å². The van der Waals surface area contributed by atoms with Crippen LogP contribution in [0.2, 0.25) is 0 Å². The van der Waals surface area contributed by atoms with E-state index in [1.807, 2.05) is 6.07 Å². The fourth-order valence-electron chi connectivity index (χ4n) is 2.66. The van der Waals surface area contributed by atoms with Crippen molar-refractivity contribution in [1.82, 2.24) is 0 Å². The summed E-state index contributed by atoms with van der Waals surface area (Å²) in [6.07, 6.45) is 1.59. The van der Waals surface area contributed by atoms with Gasteiger partial charge in [0, 0.05) is 36.0 Å². The second-order valence-corrected chi connectivity index (χ2v) is 6.16. The average Bonchev–Trinajstić information content (AvgIpc) is 2.66. The number of phenolic OH excluding ortho intramolecular Hbond substituents is 1. The smallest absolute Gasteiger partial charge is 0.339 e. The first-order valence-corrected chi connectivity index (χ1v) is 9.02. The molecule has 0 amide bonds. The normalized spacial score (nSPS) is 11.0. The lowest BCUT2D eigenvalue weighted by atomic mass is 10.1. The highest BCUT2D eigenvalue weighted by molar-refractivity contribution is 5.95. The molecule has 0 aliphatic heterocycles. The zero-order valence-corrected chi connectivity index (χ0v) is 16.3. The maximum absolute atomic E-state index is 12.3. The van der Waals surface area contributed by atoms with E-state index in [2.05, 4.69) is 23.7 Å². The summed E-state index contributed by atoms with van der Waals surface area (Å²) >= 11 is 0. The van der Waals surface area contributed by atoms with Crippen LogP contribution in [0.15, 0.2) is 53.0 Å². The van der Waals surface area contributed by atoms with Crippen molar-refractivity contribution in [2.45, 2.75) is 20.8 Å². The monoisotopic (exact) mass is 382 g/mol. The lowest BCUT2D eigenvalue weighted by Crippen LogP contribution is -2.21. The molecule has 7 nitrogen and oxygen atoms in total. The van der Waals surface area contributed by atoms with E-state index >= 15 is 0 Å². The number of nitrogens with two attached hydrogens (primary N) is 2. The number of phenols is 1. The molecule has 0 spiro atoms. The van der Waals surface area contributed by atoms with E-state index in [1.165, 1.54) is 0 Å². The Labute approximate surface area is 164 Å². The SMILES string of the molecule is CCN(CC)c1ccc(C=C(C)C(=O)Oc2ccc(N=C(N)N)cc2)c(O)c1. The molecule has 0 aliphatic rings. The molecule has 28 heavy (non-hydrogen) atoms. The topological polar surface area (TPSA) is 114 Å². The molecule has 0 bridgehead atoms. The van der Waals surface area contributed by atoms with Crippen molar-refractivity contribution in [3.63, 3.8) is 0 Å². The Morgan fingerprint density at radius 3 is 2.32 bits per heavy atom. The summed E-state index contributed by atoms with van der Waals surface area (Å²) in [6, 6.07) is 11.9. The van der Waals surface area contributed by atoms with Crippen molar-refractivity contribution < 1.29 is 14.6 Å². The van der Waals surface area contributed by atoms with Gasteiger partial charge in [0.15, 0.2) is 5.96 Å². The standard InChI is InChI=1S/C21H26N4O3/c1-4-25(5-2)17-9-6-15(19(26)13-17)12-14(3)20(27)28-18-10-7-16(8-11-18)24-21(22)23/h6-13,26H,4-5H2,1-3H3,(H4,22,23,24). The lowest BCUT2D eigenvalue weighted by molar-refractivity contribution is -0.130. The van der Waals surface area contributed by atoms with E-state index in [4.69, 9.17) is 16.2 Å². The zero-order chi connectivity index (χ0) is 20.7. The minimum absolute atomic E-state index is 0.0460. The fourth-order valence-corrected chi connectivity index (χ4v) is 2.66. The van der Waals surface area contributed by atoms with Gasteiger partial charge in [-0.05, 0) is 63.2 Å². The Morgan fingerprint density at radius 1 is 1.14 bits per heavy atom. The third-order valence-electron chi connectivity index (χ3n) is 4.14. The van der Waals surface area contributed by atoms with Gasteiger partial charge in [-0.15, -0.1) is 0 Å². The van der Waals surface area contributed by atoms with Gasteiger partial charge in [-0.25, -0.2) is 9.79 Å². The highest BCUT2D eigenvalue weighted by Gasteiger charge is 2.10. The van der Waals surface area contributed by atoms with Crippen LogP contribution < -0.4 is 21.1 Å². The number of esters is 1. The van der Waals surface area contributed by atoms with E-state index in [9.17, 15) is 9.90 Å². The van der Waals surface area contributed by atoms with Crippen LogP contribution in [0.1, 0.15) is 26.3 Å². The Kier molecular flexibility index (Phi) is 7.03. The van der Waals surface area contributed by atoms with E-state index < -0.39 is 5.97 Å². The van der Waals surface area contributed by atoms with Gasteiger partial charge in [-0.3, -0.25) is 0 Å². The van der Waals surface area contributed by atoms with Crippen molar-refractivity contribution in [2.75, 3.05) is 18.0 Å². The molecule has 0 atom stereocenters. The summed E-state index contributed by atoms with van der Waals surface area (Å²) in [5, 5.41) is 10.3. The number of carbonyl (C=O) groups is 1. The van der Waals surface area contributed by atoms with Gasteiger partial charge in [0.2, 0.25) is 0 Å². The largest absolute Gasteiger partial charge is 0.507 e. The molecule has 2 aromatic rings. The number of aliphatic imine (C=N–C) groups is 1. The Morgan fingerprint density at radius 2 is 1.79 bits per heavy atom. The van der Waals surface area contributed by atoms with Gasteiger partial charge < -0.3 is 26.2 Å². The number of guanidine groups is 1. The maximum atomic E-state index is 12.3. The van der Waals surface area contributed by atoms with Gasteiger partial charge in [-0.2, -0.15) is 0 Å². The van der Waals surface area contributed by atoms with Crippen LogP contribution in [0.4, 0.5) is 11.4 Å². The molecule has 5 N–H and O–H groups in total. The third-order valence-corrected chi connectivity index (χ3v) is 4.14. The van der Waals surface area contributed by atoms with Crippen LogP contribution in [0, 0.1) is 0 Å². The van der Waals surface area contributed by atoms with E-state index in [-0.39, 0.29) is 11.7 Å². The molecule has 0 aromatic heterocycles. The number of anilines is 1. The van der Waals surface area contributed by atoms with Crippen LogP contribution in [-0.2, 0) is 4.79 Å². The predicted molar refractivity (Wildman–Crippen MR) is 113 cm³/mol.